The average molecular weight is 322 g/mol. The fourth-order valence-corrected chi connectivity index (χ4v) is 4.68. The third-order valence-corrected chi connectivity index (χ3v) is 6.11. The van der Waals surface area contributed by atoms with Crippen molar-refractivity contribution in [3.05, 3.63) is 24.3 Å². The molecule has 1 aromatic carbocycles. The number of hydrogen-bond donors (Lipinski definition) is 2. The van der Waals surface area contributed by atoms with Crippen LogP contribution in [0.4, 0.5) is 0 Å². The zero-order valence-corrected chi connectivity index (χ0v) is 12.0. The zero-order valence-electron chi connectivity index (χ0n) is 10.4. The number of ether oxygens (including phenoxy) is 1. The van der Waals surface area contributed by atoms with Crippen LogP contribution >= 0.6 is 0 Å². The maximum absolute atomic E-state index is 12.5. The minimum atomic E-state index is -4.28. The Labute approximate surface area is 117 Å². The van der Waals surface area contributed by atoms with Crippen molar-refractivity contribution >= 4 is 20.0 Å². The molecule has 0 bridgehead atoms. The quantitative estimate of drug-likeness (QED) is 0.714. The number of sulfonamides is 2. The monoisotopic (exact) mass is 322 g/mol. The van der Waals surface area contributed by atoms with Gasteiger partial charge in [-0.15, -0.1) is 0 Å². The SMILES string of the molecule is O=S(=O)(NO)c1ccccc1S(=O)(=O)N1CCOCC1. The summed E-state index contributed by atoms with van der Waals surface area (Å²) in [5, 5.41) is 8.68. The van der Waals surface area contributed by atoms with Gasteiger partial charge in [-0.2, -0.15) is 4.31 Å². The van der Waals surface area contributed by atoms with Crippen LogP contribution in [0, 0.1) is 0 Å². The lowest BCUT2D eigenvalue weighted by Gasteiger charge is -2.26. The number of hydrogen-bond acceptors (Lipinski definition) is 6. The van der Waals surface area contributed by atoms with Crippen LogP contribution in [-0.4, -0.2) is 52.7 Å². The summed E-state index contributed by atoms with van der Waals surface area (Å²) in [5.41, 5.74) is 0. The van der Waals surface area contributed by atoms with Crippen LogP contribution in [0.15, 0.2) is 34.1 Å². The molecule has 20 heavy (non-hydrogen) atoms. The van der Waals surface area contributed by atoms with Crippen LogP contribution in [0.1, 0.15) is 0 Å². The molecule has 0 spiro atoms. The van der Waals surface area contributed by atoms with E-state index in [4.69, 9.17) is 9.94 Å². The van der Waals surface area contributed by atoms with E-state index in [-0.39, 0.29) is 31.2 Å². The Morgan fingerprint density at radius 3 is 2.15 bits per heavy atom. The molecule has 1 fully saturated rings. The molecule has 0 unspecified atom stereocenters. The molecule has 1 heterocycles. The predicted molar refractivity (Wildman–Crippen MR) is 68.1 cm³/mol. The largest absolute Gasteiger partial charge is 0.379 e. The Bertz CT molecular complexity index is 679. The van der Waals surface area contributed by atoms with Gasteiger partial charge >= 0.3 is 0 Å². The van der Waals surface area contributed by atoms with E-state index in [9.17, 15) is 16.8 Å². The Morgan fingerprint density at radius 1 is 1.05 bits per heavy atom. The smallest absolute Gasteiger partial charge is 0.263 e. The van der Waals surface area contributed by atoms with Crippen molar-refractivity contribution in [1.29, 1.82) is 0 Å². The van der Waals surface area contributed by atoms with E-state index in [1.165, 1.54) is 18.2 Å². The van der Waals surface area contributed by atoms with Crippen LogP contribution in [0.5, 0.6) is 0 Å². The first-order valence-corrected chi connectivity index (χ1v) is 8.65. The van der Waals surface area contributed by atoms with E-state index in [0.29, 0.717) is 0 Å². The van der Waals surface area contributed by atoms with E-state index in [1.54, 1.807) is 0 Å². The summed E-state index contributed by atoms with van der Waals surface area (Å²) < 4.78 is 54.5. The Balaban J connectivity index is 2.52. The third kappa shape index (κ3) is 2.85. The molecule has 0 aliphatic carbocycles. The molecule has 10 heteroatoms. The number of benzene rings is 1. The molecule has 112 valence electrons. The molecule has 0 radical (unpaired) electrons. The van der Waals surface area contributed by atoms with Crippen molar-refractivity contribution in [3.8, 4) is 0 Å². The average Bonchev–Trinajstić information content (AvgIpc) is 2.48. The maximum atomic E-state index is 12.5. The highest BCUT2D eigenvalue weighted by Crippen LogP contribution is 2.24. The van der Waals surface area contributed by atoms with E-state index in [2.05, 4.69) is 0 Å². The fourth-order valence-electron chi connectivity index (χ4n) is 1.86. The van der Waals surface area contributed by atoms with Crippen LogP contribution in [-0.2, 0) is 24.8 Å². The number of morpholine rings is 1. The lowest BCUT2D eigenvalue weighted by Crippen LogP contribution is -2.41. The Kier molecular flexibility index (Phi) is 4.42. The summed E-state index contributed by atoms with van der Waals surface area (Å²) in [7, 11) is -8.25. The summed E-state index contributed by atoms with van der Waals surface area (Å²) in [4.78, 5) is 0.274. The fraction of sp³-hybridized carbons (Fsp3) is 0.400. The maximum Gasteiger partial charge on any atom is 0.263 e. The highest BCUT2D eigenvalue weighted by Gasteiger charge is 2.31. The predicted octanol–water partition coefficient (Wildman–Crippen LogP) is -0.625. The van der Waals surface area contributed by atoms with Gasteiger partial charge in [0, 0.05) is 13.1 Å². The minimum Gasteiger partial charge on any atom is -0.379 e. The highest BCUT2D eigenvalue weighted by molar-refractivity contribution is 7.92. The van der Waals surface area contributed by atoms with Crippen molar-refractivity contribution in [2.24, 2.45) is 0 Å². The molecule has 0 saturated carbocycles. The topological polar surface area (TPSA) is 113 Å². The van der Waals surface area contributed by atoms with E-state index in [1.807, 2.05) is 0 Å². The molecule has 1 saturated heterocycles. The lowest BCUT2D eigenvalue weighted by atomic mass is 10.4. The normalized spacial score (nSPS) is 18.1. The summed E-state index contributed by atoms with van der Waals surface area (Å²) in [6.45, 7) is 0.825. The van der Waals surface area contributed by atoms with Crippen molar-refractivity contribution < 1.29 is 26.8 Å². The molecule has 0 amide bonds. The molecular weight excluding hydrogens is 308 g/mol. The van der Waals surface area contributed by atoms with E-state index in [0.717, 1.165) is 15.3 Å². The molecular formula is C10H14N2O6S2. The molecule has 1 aromatic rings. The van der Waals surface area contributed by atoms with Gasteiger partial charge in [0.05, 0.1) is 13.2 Å². The first-order chi connectivity index (χ1) is 9.39. The lowest BCUT2D eigenvalue weighted by molar-refractivity contribution is 0.0729. The second-order valence-electron chi connectivity index (χ2n) is 4.06. The standard InChI is InChI=1S/C10H14N2O6S2/c13-11-19(14,15)9-3-1-2-4-10(9)20(16,17)12-5-7-18-8-6-12/h1-4,11,13H,5-8H2. The molecule has 0 atom stereocenters. The first-order valence-electron chi connectivity index (χ1n) is 5.72. The summed E-state index contributed by atoms with van der Waals surface area (Å²) in [6.07, 6.45) is 0. The highest BCUT2D eigenvalue weighted by atomic mass is 32.2. The van der Waals surface area contributed by atoms with Gasteiger partial charge in [-0.3, -0.25) is 0 Å². The summed E-state index contributed by atoms with van der Waals surface area (Å²) in [6, 6.07) is 5.10. The van der Waals surface area contributed by atoms with Gasteiger partial charge < -0.3 is 9.94 Å². The second kappa shape index (κ2) is 5.76. The molecule has 8 nitrogen and oxygen atoms in total. The number of nitrogens with zero attached hydrogens (tertiary/aromatic N) is 1. The van der Waals surface area contributed by atoms with Crippen LogP contribution in [0.2, 0.25) is 0 Å². The molecule has 1 aliphatic heterocycles. The third-order valence-electron chi connectivity index (χ3n) is 2.85. The van der Waals surface area contributed by atoms with Gasteiger partial charge in [0.1, 0.15) is 9.79 Å². The van der Waals surface area contributed by atoms with Gasteiger partial charge in [0.25, 0.3) is 10.0 Å². The van der Waals surface area contributed by atoms with Gasteiger partial charge in [0.15, 0.2) is 0 Å². The van der Waals surface area contributed by atoms with Crippen molar-refractivity contribution in [2.45, 2.75) is 9.79 Å². The van der Waals surface area contributed by atoms with E-state index >= 15 is 0 Å². The Hall–Kier alpha value is -1.04. The number of rotatable bonds is 4. The molecule has 2 N–H and O–H groups in total. The molecule has 0 aromatic heterocycles. The van der Waals surface area contributed by atoms with Crippen LogP contribution < -0.4 is 4.89 Å². The first kappa shape index (κ1) is 15.4. The zero-order chi connectivity index (χ0) is 14.8. The van der Waals surface area contributed by atoms with Crippen molar-refractivity contribution in [3.63, 3.8) is 0 Å². The van der Waals surface area contributed by atoms with Crippen molar-refractivity contribution in [1.82, 2.24) is 9.19 Å². The van der Waals surface area contributed by atoms with Crippen LogP contribution in [0.3, 0.4) is 0 Å². The van der Waals surface area contributed by atoms with Gasteiger partial charge in [-0.05, 0) is 12.1 Å². The number of nitrogens with one attached hydrogen (secondary N) is 1. The van der Waals surface area contributed by atoms with E-state index < -0.39 is 24.9 Å². The molecule has 2 rings (SSSR count). The Morgan fingerprint density at radius 2 is 1.60 bits per heavy atom. The van der Waals surface area contributed by atoms with Crippen LogP contribution in [0.25, 0.3) is 0 Å². The minimum absolute atomic E-state index is 0.156. The van der Waals surface area contributed by atoms with Gasteiger partial charge in [-0.25, -0.2) is 16.8 Å². The van der Waals surface area contributed by atoms with Crippen molar-refractivity contribution in [2.75, 3.05) is 26.3 Å². The summed E-state index contributed by atoms with van der Waals surface area (Å²) >= 11 is 0. The van der Waals surface area contributed by atoms with Gasteiger partial charge in [-0.1, -0.05) is 17.0 Å². The second-order valence-corrected chi connectivity index (χ2v) is 7.59. The van der Waals surface area contributed by atoms with Gasteiger partial charge in [0.2, 0.25) is 10.0 Å². The summed E-state index contributed by atoms with van der Waals surface area (Å²) in [5.74, 6) is 0. The molecule has 1 aliphatic rings.